The van der Waals surface area contributed by atoms with Crippen LogP contribution in [0.25, 0.3) is 10.9 Å². The molecule has 0 fully saturated rings. The minimum absolute atomic E-state index is 0.421. The molecule has 2 aromatic heterocycles. The fraction of sp³-hybridized carbons (Fsp3) is 0.167. The minimum atomic E-state index is 0.421. The maximum Gasteiger partial charge on any atom is 0.286 e. The molecule has 0 saturated carbocycles. The van der Waals surface area contributed by atoms with E-state index in [1.807, 2.05) is 0 Å². The predicted octanol–water partition coefficient (Wildman–Crippen LogP) is 2.15. The first-order valence-electron chi connectivity index (χ1n) is 3.18. The molecule has 0 bridgehead atoms. The molecule has 0 amide bonds. The Kier molecular flexibility index (Phi) is 1.82. The zero-order valence-electron chi connectivity index (χ0n) is 6.11. The summed E-state index contributed by atoms with van der Waals surface area (Å²) in [7, 11) is 0. The summed E-state index contributed by atoms with van der Waals surface area (Å²) < 4.78 is 5.50. The summed E-state index contributed by atoms with van der Waals surface area (Å²) in [6.45, 7) is 1.75. The van der Waals surface area contributed by atoms with Crippen molar-refractivity contribution in [3.05, 3.63) is 16.4 Å². The Morgan fingerprint density at radius 2 is 2.42 bits per heavy atom. The van der Waals surface area contributed by atoms with Gasteiger partial charge in [0.05, 0.1) is 6.20 Å². The van der Waals surface area contributed by atoms with Gasteiger partial charge in [0.25, 0.3) is 5.89 Å². The van der Waals surface area contributed by atoms with E-state index in [1.165, 1.54) is 11.3 Å². The molecule has 0 aromatic carbocycles. The third-order valence-electron chi connectivity index (χ3n) is 1.19. The normalized spacial score (nSPS) is 10.5. The highest BCUT2D eigenvalue weighted by atomic mass is 35.5. The molecule has 62 valence electrons. The number of aromatic nitrogens is 3. The molecule has 0 radical (unpaired) electrons. The van der Waals surface area contributed by atoms with E-state index in [1.54, 1.807) is 13.1 Å². The first-order valence-corrected chi connectivity index (χ1v) is 4.37. The van der Waals surface area contributed by atoms with Crippen molar-refractivity contribution in [3.63, 3.8) is 0 Å². The van der Waals surface area contributed by atoms with Crippen LogP contribution in [0.4, 0.5) is 0 Å². The van der Waals surface area contributed by atoms with Gasteiger partial charge in [-0.2, -0.15) is 4.98 Å². The summed E-state index contributed by atoms with van der Waals surface area (Å²) in [5.41, 5.74) is 0. The van der Waals surface area contributed by atoms with Gasteiger partial charge in [-0.3, -0.25) is 0 Å². The molecule has 12 heavy (non-hydrogen) atoms. The van der Waals surface area contributed by atoms with Crippen molar-refractivity contribution in [1.29, 1.82) is 0 Å². The molecule has 0 N–H and O–H groups in total. The smallest absolute Gasteiger partial charge is 0.286 e. The molecule has 2 heterocycles. The number of aryl methyl sites for hydroxylation is 1. The Bertz CT molecular complexity index is 359. The highest BCUT2D eigenvalue weighted by Crippen LogP contribution is 2.26. The van der Waals surface area contributed by atoms with Crippen LogP contribution in [0, 0.1) is 6.92 Å². The molecular weight excluding hydrogens is 198 g/mol. The molecule has 0 spiro atoms. The van der Waals surface area contributed by atoms with Gasteiger partial charge in [-0.25, -0.2) is 4.98 Å². The Morgan fingerprint density at radius 1 is 1.58 bits per heavy atom. The zero-order chi connectivity index (χ0) is 8.55. The van der Waals surface area contributed by atoms with E-state index in [0.717, 1.165) is 0 Å². The van der Waals surface area contributed by atoms with E-state index in [-0.39, 0.29) is 0 Å². The van der Waals surface area contributed by atoms with E-state index in [9.17, 15) is 0 Å². The van der Waals surface area contributed by atoms with Gasteiger partial charge < -0.3 is 4.52 Å². The van der Waals surface area contributed by atoms with E-state index in [4.69, 9.17) is 16.1 Å². The van der Waals surface area contributed by atoms with Crippen molar-refractivity contribution in [2.75, 3.05) is 0 Å². The van der Waals surface area contributed by atoms with Gasteiger partial charge in [-0.1, -0.05) is 28.1 Å². The van der Waals surface area contributed by atoms with Crippen molar-refractivity contribution in [2.45, 2.75) is 6.92 Å². The Balaban J connectivity index is 2.43. The Morgan fingerprint density at radius 3 is 2.92 bits per heavy atom. The van der Waals surface area contributed by atoms with Crippen molar-refractivity contribution in [1.82, 2.24) is 15.1 Å². The topological polar surface area (TPSA) is 51.8 Å². The molecule has 0 atom stereocenters. The maximum atomic E-state index is 5.68. The molecule has 6 heteroatoms. The molecule has 0 aliphatic rings. The van der Waals surface area contributed by atoms with Crippen LogP contribution >= 0.6 is 22.9 Å². The van der Waals surface area contributed by atoms with Crippen molar-refractivity contribution in [3.8, 4) is 10.9 Å². The number of hydrogen-bond donors (Lipinski definition) is 0. The van der Waals surface area contributed by atoms with Gasteiger partial charge in [-0.05, 0) is 6.92 Å². The predicted molar refractivity (Wildman–Crippen MR) is 45.2 cm³/mol. The average molecular weight is 202 g/mol. The van der Waals surface area contributed by atoms with E-state index in [0.29, 0.717) is 21.1 Å². The Labute approximate surface area is 77.2 Å². The monoisotopic (exact) mass is 201 g/mol. The van der Waals surface area contributed by atoms with Gasteiger partial charge in [0.2, 0.25) is 0 Å². The van der Waals surface area contributed by atoms with Crippen molar-refractivity contribution in [2.24, 2.45) is 0 Å². The second-order valence-electron chi connectivity index (χ2n) is 2.12. The molecule has 0 unspecified atom stereocenters. The molecule has 2 aromatic rings. The van der Waals surface area contributed by atoms with Crippen LogP contribution in [0.3, 0.4) is 0 Å². The standard InChI is InChI=1S/C6H4ClN3OS/c1-3-9-5(11-10-3)6-8-2-4(7)12-6/h2H,1H3. The third-order valence-corrected chi connectivity index (χ3v) is 2.29. The summed E-state index contributed by atoms with van der Waals surface area (Å²) in [6, 6.07) is 0. The number of thiazole rings is 1. The lowest BCUT2D eigenvalue weighted by Crippen LogP contribution is -1.74. The molecule has 0 aliphatic carbocycles. The average Bonchev–Trinajstić information content (AvgIpc) is 2.58. The highest BCUT2D eigenvalue weighted by Gasteiger charge is 2.09. The van der Waals surface area contributed by atoms with Crippen molar-refractivity contribution < 1.29 is 4.52 Å². The quantitative estimate of drug-likeness (QED) is 0.710. The number of hydrogen-bond acceptors (Lipinski definition) is 5. The molecule has 0 saturated heterocycles. The second-order valence-corrected chi connectivity index (χ2v) is 3.78. The van der Waals surface area contributed by atoms with E-state index >= 15 is 0 Å². The fourth-order valence-electron chi connectivity index (χ4n) is 0.737. The molecular formula is C6H4ClN3OS. The fourth-order valence-corrected chi connectivity index (χ4v) is 1.57. The lowest BCUT2D eigenvalue weighted by atomic mass is 10.6. The van der Waals surface area contributed by atoms with Crippen LogP contribution in [0.2, 0.25) is 4.34 Å². The van der Waals surface area contributed by atoms with E-state index < -0.39 is 0 Å². The minimum Gasteiger partial charge on any atom is -0.331 e. The first kappa shape index (κ1) is 7.70. The van der Waals surface area contributed by atoms with Gasteiger partial charge in [0.15, 0.2) is 10.8 Å². The lowest BCUT2D eigenvalue weighted by molar-refractivity contribution is 0.425. The van der Waals surface area contributed by atoms with E-state index in [2.05, 4.69) is 15.1 Å². The van der Waals surface area contributed by atoms with Crippen LogP contribution in [0.5, 0.6) is 0 Å². The molecule has 4 nitrogen and oxygen atoms in total. The van der Waals surface area contributed by atoms with Crippen LogP contribution in [-0.4, -0.2) is 15.1 Å². The first-order chi connectivity index (χ1) is 5.75. The summed E-state index contributed by atoms with van der Waals surface area (Å²) in [5.74, 6) is 1.01. The Hall–Kier alpha value is -0.940. The lowest BCUT2D eigenvalue weighted by Gasteiger charge is -1.79. The van der Waals surface area contributed by atoms with Crippen LogP contribution in [0.1, 0.15) is 5.82 Å². The van der Waals surface area contributed by atoms with Gasteiger partial charge in [-0.15, -0.1) is 0 Å². The largest absolute Gasteiger partial charge is 0.331 e. The number of rotatable bonds is 1. The summed E-state index contributed by atoms with van der Waals surface area (Å²) >= 11 is 7.00. The van der Waals surface area contributed by atoms with Crippen LogP contribution < -0.4 is 0 Å². The second kappa shape index (κ2) is 2.84. The molecule has 2 rings (SSSR count). The van der Waals surface area contributed by atoms with Crippen LogP contribution in [-0.2, 0) is 0 Å². The maximum absolute atomic E-state index is 5.68. The summed E-state index contributed by atoms with van der Waals surface area (Å²) in [4.78, 5) is 8.00. The SMILES string of the molecule is Cc1noc(-c2ncc(Cl)s2)n1. The molecule has 0 aliphatic heterocycles. The zero-order valence-corrected chi connectivity index (χ0v) is 7.69. The number of nitrogens with zero attached hydrogens (tertiary/aromatic N) is 3. The van der Waals surface area contributed by atoms with Crippen molar-refractivity contribution >= 4 is 22.9 Å². The van der Waals surface area contributed by atoms with Gasteiger partial charge in [0.1, 0.15) is 4.34 Å². The van der Waals surface area contributed by atoms with Crippen LogP contribution in [0.15, 0.2) is 10.7 Å². The summed E-state index contributed by atoms with van der Waals surface area (Å²) in [5, 5.41) is 4.29. The number of halogens is 1. The van der Waals surface area contributed by atoms with Gasteiger partial charge in [0, 0.05) is 0 Å². The summed E-state index contributed by atoms with van der Waals surface area (Å²) in [6.07, 6.45) is 1.56. The highest BCUT2D eigenvalue weighted by molar-refractivity contribution is 7.18. The third kappa shape index (κ3) is 1.33. The van der Waals surface area contributed by atoms with Gasteiger partial charge >= 0.3 is 0 Å².